The summed E-state index contributed by atoms with van der Waals surface area (Å²) >= 11 is 0. The van der Waals surface area contributed by atoms with Crippen molar-refractivity contribution >= 4 is 11.6 Å². The molecule has 128 valence electrons. The van der Waals surface area contributed by atoms with Gasteiger partial charge < -0.3 is 14.8 Å². The molecule has 2 aromatic rings. The molecule has 4 nitrogen and oxygen atoms in total. The third-order valence-corrected chi connectivity index (χ3v) is 3.56. The lowest BCUT2D eigenvalue weighted by atomic mass is 10.2. The number of hydrogen-bond acceptors (Lipinski definition) is 3. The van der Waals surface area contributed by atoms with Gasteiger partial charge in [0.2, 0.25) is 0 Å². The summed E-state index contributed by atoms with van der Waals surface area (Å²) in [4.78, 5) is 12.4. The van der Waals surface area contributed by atoms with Crippen LogP contribution in [0.15, 0.2) is 48.5 Å². The standard InChI is InChI=1S/C20H25NO3/c1-4-14-23-17-12-8-16(9-13-17)21-20(22)19(5-2)24-18-10-6-15(3)7-11-18/h6-13,19H,4-5,14H2,1-3H3,(H,21,22). The minimum atomic E-state index is -0.524. The van der Waals surface area contributed by atoms with E-state index in [1.54, 1.807) is 0 Å². The molecule has 0 radical (unpaired) electrons. The Kier molecular flexibility index (Phi) is 6.67. The van der Waals surface area contributed by atoms with E-state index in [-0.39, 0.29) is 5.91 Å². The van der Waals surface area contributed by atoms with Crippen molar-refractivity contribution in [2.45, 2.75) is 39.7 Å². The molecular formula is C20H25NO3. The fraction of sp³-hybridized carbons (Fsp3) is 0.350. The molecule has 1 N–H and O–H groups in total. The predicted octanol–water partition coefficient (Wildman–Crippen LogP) is 4.58. The number of anilines is 1. The molecule has 1 atom stereocenters. The molecule has 1 unspecified atom stereocenters. The van der Waals surface area contributed by atoms with Gasteiger partial charge in [-0.3, -0.25) is 4.79 Å². The third kappa shape index (κ3) is 5.30. The first-order chi connectivity index (χ1) is 11.6. The molecule has 0 bridgehead atoms. The molecule has 1 amide bonds. The average molecular weight is 327 g/mol. The maximum Gasteiger partial charge on any atom is 0.265 e. The van der Waals surface area contributed by atoms with Gasteiger partial charge in [-0.1, -0.05) is 31.5 Å². The number of rotatable bonds is 8. The molecule has 0 aliphatic rings. The lowest BCUT2D eigenvalue weighted by Crippen LogP contribution is -2.32. The highest BCUT2D eigenvalue weighted by molar-refractivity contribution is 5.94. The number of aryl methyl sites for hydroxylation is 1. The van der Waals surface area contributed by atoms with E-state index in [4.69, 9.17) is 9.47 Å². The number of carbonyl (C=O) groups excluding carboxylic acids is 1. The lowest BCUT2D eigenvalue weighted by Gasteiger charge is -2.17. The van der Waals surface area contributed by atoms with Crippen LogP contribution in [0.2, 0.25) is 0 Å². The fourth-order valence-electron chi connectivity index (χ4n) is 2.18. The maximum atomic E-state index is 12.4. The van der Waals surface area contributed by atoms with Gasteiger partial charge in [-0.2, -0.15) is 0 Å². The van der Waals surface area contributed by atoms with Gasteiger partial charge in [-0.15, -0.1) is 0 Å². The summed E-state index contributed by atoms with van der Waals surface area (Å²) in [7, 11) is 0. The first-order valence-corrected chi connectivity index (χ1v) is 8.39. The van der Waals surface area contributed by atoms with Gasteiger partial charge in [0.15, 0.2) is 6.10 Å². The van der Waals surface area contributed by atoms with E-state index in [2.05, 4.69) is 12.2 Å². The summed E-state index contributed by atoms with van der Waals surface area (Å²) in [5.41, 5.74) is 1.89. The van der Waals surface area contributed by atoms with Crippen LogP contribution in [-0.2, 0) is 4.79 Å². The fourth-order valence-corrected chi connectivity index (χ4v) is 2.18. The Labute approximate surface area is 143 Å². The summed E-state index contributed by atoms with van der Waals surface area (Å²) in [5, 5.41) is 2.89. The van der Waals surface area contributed by atoms with E-state index < -0.39 is 6.10 Å². The number of benzene rings is 2. The molecule has 0 aliphatic carbocycles. The number of ether oxygens (including phenoxy) is 2. The van der Waals surface area contributed by atoms with E-state index in [0.29, 0.717) is 18.8 Å². The Morgan fingerprint density at radius 3 is 2.21 bits per heavy atom. The van der Waals surface area contributed by atoms with Gasteiger partial charge in [0, 0.05) is 5.69 Å². The summed E-state index contributed by atoms with van der Waals surface area (Å²) in [5.74, 6) is 1.35. The molecule has 0 saturated heterocycles. The Morgan fingerprint density at radius 1 is 1.00 bits per heavy atom. The summed E-state index contributed by atoms with van der Waals surface area (Å²) < 4.78 is 11.3. The van der Waals surface area contributed by atoms with Crippen LogP contribution >= 0.6 is 0 Å². The lowest BCUT2D eigenvalue weighted by molar-refractivity contribution is -0.122. The van der Waals surface area contributed by atoms with E-state index in [0.717, 1.165) is 23.4 Å². The molecular weight excluding hydrogens is 302 g/mol. The van der Waals surface area contributed by atoms with Gasteiger partial charge in [-0.05, 0) is 56.2 Å². The summed E-state index contributed by atoms with van der Waals surface area (Å²) in [6.45, 7) is 6.70. The van der Waals surface area contributed by atoms with Gasteiger partial charge in [0.1, 0.15) is 11.5 Å². The van der Waals surface area contributed by atoms with Crippen LogP contribution in [0.25, 0.3) is 0 Å². The van der Waals surface area contributed by atoms with Crippen molar-refractivity contribution in [3.05, 3.63) is 54.1 Å². The molecule has 0 heterocycles. The Bertz CT molecular complexity index is 635. The third-order valence-electron chi connectivity index (χ3n) is 3.56. The van der Waals surface area contributed by atoms with E-state index in [1.807, 2.05) is 62.4 Å². The first kappa shape index (κ1) is 17.9. The molecule has 0 spiro atoms. The largest absolute Gasteiger partial charge is 0.494 e. The number of carbonyl (C=O) groups is 1. The van der Waals surface area contributed by atoms with Crippen LogP contribution < -0.4 is 14.8 Å². The SMILES string of the molecule is CCCOc1ccc(NC(=O)C(CC)Oc2ccc(C)cc2)cc1. The summed E-state index contributed by atoms with van der Waals surface area (Å²) in [6.07, 6.45) is 1.04. The highest BCUT2D eigenvalue weighted by atomic mass is 16.5. The second-order valence-corrected chi connectivity index (χ2v) is 5.69. The molecule has 4 heteroatoms. The molecule has 0 aromatic heterocycles. The molecule has 0 saturated carbocycles. The van der Waals surface area contributed by atoms with Crippen molar-refractivity contribution in [1.82, 2.24) is 0 Å². The summed E-state index contributed by atoms with van der Waals surface area (Å²) in [6, 6.07) is 15.1. The van der Waals surface area contributed by atoms with Crippen LogP contribution in [0.3, 0.4) is 0 Å². The van der Waals surface area contributed by atoms with Crippen molar-refractivity contribution in [3.8, 4) is 11.5 Å². The first-order valence-electron chi connectivity index (χ1n) is 8.39. The van der Waals surface area contributed by atoms with Crippen molar-refractivity contribution in [1.29, 1.82) is 0 Å². The van der Waals surface area contributed by atoms with Crippen LogP contribution in [0.5, 0.6) is 11.5 Å². The van der Waals surface area contributed by atoms with E-state index in [1.165, 1.54) is 0 Å². The van der Waals surface area contributed by atoms with Crippen molar-refractivity contribution in [2.24, 2.45) is 0 Å². The number of nitrogens with one attached hydrogen (secondary N) is 1. The van der Waals surface area contributed by atoms with Crippen molar-refractivity contribution < 1.29 is 14.3 Å². The van der Waals surface area contributed by atoms with Gasteiger partial charge >= 0.3 is 0 Å². The second-order valence-electron chi connectivity index (χ2n) is 5.69. The molecule has 2 rings (SSSR count). The van der Waals surface area contributed by atoms with Gasteiger partial charge in [-0.25, -0.2) is 0 Å². The zero-order chi connectivity index (χ0) is 17.4. The second kappa shape index (κ2) is 8.96. The Morgan fingerprint density at radius 2 is 1.62 bits per heavy atom. The van der Waals surface area contributed by atoms with Crippen molar-refractivity contribution in [2.75, 3.05) is 11.9 Å². The monoisotopic (exact) mass is 327 g/mol. The van der Waals surface area contributed by atoms with Crippen LogP contribution in [0.4, 0.5) is 5.69 Å². The van der Waals surface area contributed by atoms with Crippen molar-refractivity contribution in [3.63, 3.8) is 0 Å². The molecule has 24 heavy (non-hydrogen) atoms. The number of hydrogen-bond donors (Lipinski definition) is 1. The van der Waals surface area contributed by atoms with E-state index in [9.17, 15) is 4.79 Å². The van der Waals surface area contributed by atoms with E-state index >= 15 is 0 Å². The van der Waals surface area contributed by atoms with Gasteiger partial charge in [0.25, 0.3) is 5.91 Å². The normalized spacial score (nSPS) is 11.6. The predicted molar refractivity (Wildman–Crippen MR) is 96.7 cm³/mol. The van der Waals surface area contributed by atoms with Crippen LogP contribution in [-0.4, -0.2) is 18.6 Å². The minimum absolute atomic E-state index is 0.152. The molecule has 0 fully saturated rings. The quantitative estimate of drug-likeness (QED) is 0.772. The smallest absolute Gasteiger partial charge is 0.265 e. The van der Waals surface area contributed by atoms with Gasteiger partial charge in [0.05, 0.1) is 6.61 Å². The highest BCUT2D eigenvalue weighted by Gasteiger charge is 2.18. The van der Waals surface area contributed by atoms with Crippen LogP contribution in [0.1, 0.15) is 32.3 Å². The average Bonchev–Trinajstić information content (AvgIpc) is 2.60. The van der Waals surface area contributed by atoms with Crippen LogP contribution in [0, 0.1) is 6.92 Å². The zero-order valence-corrected chi connectivity index (χ0v) is 14.5. The Hall–Kier alpha value is -2.49. The molecule has 0 aliphatic heterocycles. The highest BCUT2D eigenvalue weighted by Crippen LogP contribution is 2.18. The number of amides is 1. The maximum absolute atomic E-state index is 12.4. The topological polar surface area (TPSA) is 47.6 Å². The Balaban J connectivity index is 1.94. The molecule has 2 aromatic carbocycles. The zero-order valence-electron chi connectivity index (χ0n) is 14.5. The minimum Gasteiger partial charge on any atom is -0.494 e.